The van der Waals surface area contributed by atoms with E-state index in [1.807, 2.05) is 12.1 Å². The summed E-state index contributed by atoms with van der Waals surface area (Å²) in [4.78, 5) is 0. The van der Waals surface area contributed by atoms with Crippen molar-refractivity contribution < 1.29 is 13.9 Å². The largest absolute Gasteiger partial charge is 0.497 e. The summed E-state index contributed by atoms with van der Waals surface area (Å²) in [6.07, 6.45) is 0.641. The Hall–Kier alpha value is -3.02. The van der Waals surface area contributed by atoms with Gasteiger partial charge in [0.25, 0.3) is 0 Å². The average molecular weight is 325 g/mol. The van der Waals surface area contributed by atoms with Gasteiger partial charge in [-0.05, 0) is 23.8 Å². The molecule has 2 aromatic carbocycles. The molecule has 6 heteroatoms. The molecule has 0 unspecified atom stereocenters. The fourth-order valence-electron chi connectivity index (χ4n) is 3.02. The number of halogens is 1. The third-order valence-corrected chi connectivity index (χ3v) is 4.18. The van der Waals surface area contributed by atoms with Gasteiger partial charge in [-0.15, -0.1) is 0 Å². The first kappa shape index (κ1) is 14.6. The molecule has 4 rings (SSSR count). The zero-order valence-corrected chi connectivity index (χ0v) is 13.3. The molecule has 122 valence electrons. The third kappa shape index (κ3) is 2.36. The molecule has 2 N–H and O–H groups in total. The Morgan fingerprint density at radius 1 is 1.08 bits per heavy atom. The predicted octanol–water partition coefficient (Wildman–Crippen LogP) is 3.88. The number of aromatic amines is 1. The molecular weight excluding hydrogens is 309 g/mol. The Bertz CT molecular complexity index is 898. The van der Waals surface area contributed by atoms with Gasteiger partial charge in [0, 0.05) is 41.4 Å². The highest BCUT2D eigenvalue weighted by atomic mass is 19.1. The van der Waals surface area contributed by atoms with Gasteiger partial charge in [0.05, 0.1) is 19.9 Å². The number of nitrogens with zero attached hydrogens (tertiary/aromatic N) is 1. The van der Waals surface area contributed by atoms with Gasteiger partial charge in [-0.2, -0.15) is 5.10 Å². The van der Waals surface area contributed by atoms with Crippen LogP contribution in [0.4, 0.5) is 15.9 Å². The number of H-pyrrole nitrogens is 1. The van der Waals surface area contributed by atoms with Crippen LogP contribution in [0, 0.1) is 5.82 Å². The molecule has 0 atom stereocenters. The summed E-state index contributed by atoms with van der Waals surface area (Å²) < 4.78 is 24.0. The molecule has 0 fully saturated rings. The van der Waals surface area contributed by atoms with Crippen LogP contribution in [0.15, 0.2) is 36.4 Å². The monoisotopic (exact) mass is 325 g/mol. The van der Waals surface area contributed by atoms with E-state index in [9.17, 15) is 4.39 Å². The second kappa shape index (κ2) is 5.56. The number of hydrogen-bond acceptors (Lipinski definition) is 4. The number of anilines is 2. The fraction of sp³-hybridized carbons (Fsp3) is 0.167. The second-order valence-electron chi connectivity index (χ2n) is 5.63. The lowest BCUT2D eigenvalue weighted by molar-refractivity contribution is 0.395. The molecule has 24 heavy (non-hydrogen) atoms. The molecule has 1 aliphatic carbocycles. The average Bonchev–Trinajstić information content (AvgIpc) is 3.13. The van der Waals surface area contributed by atoms with Crippen LogP contribution >= 0.6 is 0 Å². The van der Waals surface area contributed by atoms with Crippen LogP contribution in [0.25, 0.3) is 11.3 Å². The Morgan fingerprint density at radius 2 is 1.83 bits per heavy atom. The van der Waals surface area contributed by atoms with E-state index in [4.69, 9.17) is 9.47 Å². The smallest absolute Gasteiger partial charge is 0.130 e. The van der Waals surface area contributed by atoms with Crippen LogP contribution in [0.5, 0.6) is 11.5 Å². The molecule has 0 radical (unpaired) electrons. The topological polar surface area (TPSA) is 59.2 Å². The predicted molar refractivity (Wildman–Crippen MR) is 89.6 cm³/mol. The molecule has 0 saturated carbocycles. The first-order valence-corrected chi connectivity index (χ1v) is 7.54. The number of methoxy groups -OCH3 is 2. The molecule has 0 aliphatic heterocycles. The molecule has 0 bridgehead atoms. The quantitative estimate of drug-likeness (QED) is 0.598. The number of hydrogen-bond donors (Lipinski definition) is 2. The van der Waals surface area contributed by atoms with Crippen molar-refractivity contribution in [3.8, 4) is 22.8 Å². The maximum atomic E-state index is 13.4. The van der Waals surface area contributed by atoms with E-state index in [1.54, 1.807) is 32.4 Å². The van der Waals surface area contributed by atoms with Crippen molar-refractivity contribution in [1.82, 2.24) is 10.2 Å². The van der Waals surface area contributed by atoms with Gasteiger partial charge in [-0.1, -0.05) is 0 Å². The lowest BCUT2D eigenvalue weighted by atomic mass is 10.1. The molecular formula is C18H16FN3O2. The van der Waals surface area contributed by atoms with Gasteiger partial charge >= 0.3 is 0 Å². The van der Waals surface area contributed by atoms with Gasteiger partial charge in [-0.25, -0.2) is 4.39 Å². The third-order valence-electron chi connectivity index (χ3n) is 4.18. The van der Waals surface area contributed by atoms with Crippen LogP contribution in [0.3, 0.4) is 0 Å². The Labute approximate surface area is 138 Å². The minimum absolute atomic E-state index is 0.227. The summed E-state index contributed by atoms with van der Waals surface area (Å²) in [5.74, 6) is 1.95. The van der Waals surface area contributed by atoms with Crippen LogP contribution < -0.4 is 14.8 Å². The number of ether oxygens (including phenoxy) is 2. The number of nitrogens with one attached hydrogen (secondary N) is 2. The first-order valence-electron chi connectivity index (χ1n) is 7.54. The molecule has 1 aromatic heterocycles. The van der Waals surface area contributed by atoms with Crippen molar-refractivity contribution >= 4 is 11.5 Å². The number of aromatic nitrogens is 2. The highest BCUT2D eigenvalue weighted by Gasteiger charge is 2.25. The number of benzene rings is 2. The van der Waals surface area contributed by atoms with Crippen molar-refractivity contribution in [2.75, 3.05) is 19.5 Å². The van der Waals surface area contributed by atoms with E-state index < -0.39 is 0 Å². The zero-order valence-electron chi connectivity index (χ0n) is 13.3. The normalized spacial score (nSPS) is 11.8. The minimum Gasteiger partial charge on any atom is -0.497 e. The zero-order chi connectivity index (χ0) is 16.7. The van der Waals surface area contributed by atoms with E-state index in [0.29, 0.717) is 17.9 Å². The summed E-state index contributed by atoms with van der Waals surface area (Å²) in [5.41, 5.74) is 4.63. The second-order valence-corrected chi connectivity index (χ2v) is 5.63. The van der Waals surface area contributed by atoms with Crippen molar-refractivity contribution in [3.63, 3.8) is 0 Å². The van der Waals surface area contributed by atoms with Crippen molar-refractivity contribution in [2.45, 2.75) is 6.42 Å². The number of fused-ring (bicyclic) bond motifs is 3. The summed E-state index contributed by atoms with van der Waals surface area (Å²) >= 11 is 0. The van der Waals surface area contributed by atoms with E-state index in [2.05, 4.69) is 15.5 Å². The summed E-state index contributed by atoms with van der Waals surface area (Å²) in [6, 6.07) is 10.4. The lowest BCUT2D eigenvalue weighted by Gasteiger charge is -2.10. The Balaban J connectivity index is 1.68. The molecule has 0 saturated heterocycles. The SMILES string of the molecule is COc1cc(Nc2[nH]nc3c2Cc2cc(F)ccc2-3)cc(OC)c1. The van der Waals surface area contributed by atoms with E-state index >= 15 is 0 Å². The summed E-state index contributed by atoms with van der Waals surface area (Å²) in [7, 11) is 3.22. The molecule has 1 heterocycles. The minimum atomic E-state index is -0.227. The Kier molecular flexibility index (Phi) is 3.37. The summed E-state index contributed by atoms with van der Waals surface area (Å²) in [6.45, 7) is 0. The highest BCUT2D eigenvalue weighted by Crippen LogP contribution is 2.40. The molecule has 3 aromatic rings. The molecule has 1 aliphatic rings. The Morgan fingerprint density at radius 3 is 2.54 bits per heavy atom. The van der Waals surface area contributed by atoms with E-state index in [1.165, 1.54) is 6.07 Å². The molecule has 0 spiro atoms. The van der Waals surface area contributed by atoms with E-state index in [-0.39, 0.29) is 5.82 Å². The van der Waals surface area contributed by atoms with Crippen LogP contribution in [-0.2, 0) is 6.42 Å². The van der Waals surface area contributed by atoms with Crippen molar-refractivity contribution in [1.29, 1.82) is 0 Å². The van der Waals surface area contributed by atoms with Crippen LogP contribution in [-0.4, -0.2) is 24.4 Å². The fourth-order valence-corrected chi connectivity index (χ4v) is 3.02. The van der Waals surface area contributed by atoms with Crippen molar-refractivity contribution in [3.05, 3.63) is 53.3 Å². The standard InChI is InChI=1S/C18H16FN3O2/c1-23-13-7-12(8-14(9-13)24-2)20-18-16-6-10-5-11(19)3-4-15(10)17(16)21-22-18/h3-5,7-9H,6H2,1-2H3,(H2,20,21,22). The summed E-state index contributed by atoms with van der Waals surface area (Å²) in [5, 5.41) is 10.7. The van der Waals surface area contributed by atoms with Gasteiger partial charge in [-0.3, -0.25) is 5.10 Å². The molecule has 5 nitrogen and oxygen atoms in total. The number of rotatable bonds is 4. The van der Waals surface area contributed by atoms with Gasteiger partial charge in [0.15, 0.2) is 0 Å². The highest BCUT2D eigenvalue weighted by molar-refractivity contribution is 5.79. The van der Waals surface area contributed by atoms with Crippen molar-refractivity contribution in [2.24, 2.45) is 0 Å². The maximum Gasteiger partial charge on any atom is 0.130 e. The lowest BCUT2D eigenvalue weighted by Crippen LogP contribution is -1.96. The van der Waals surface area contributed by atoms with Gasteiger partial charge < -0.3 is 14.8 Å². The van der Waals surface area contributed by atoms with Gasteiger partial charge in [0.1, 0.15) is 23.1 Å². The first-order chi connectivity index (χ1) is 11.7. The maximum absolute atomic E-state index is 13.4. The molecule has 0 amide bonds. The van der Waals surface area contributed by atoms with Crippen LogP contribution in [0.1, 0.15) is 11.1 Å². The van der Waals surface area contributed by atoms with E-state index in [0.717, 1.165) is 33.9 Å². The van der Waals surface area contributed by atoms with Gasteiger partial charge in [0.2, 0.25) is 0 Å². The van der Waals surface area contributed by atoms with Crippen LogP contribution in [0.2, 0.25) is 0 Å².